The van der Waals surface area contributed by atoms with Crippen molar-refractivity contribution in [1.82, 2.24) is 19.9 Å². The number of piperidine rings is 1. The summed E-state index contributed by atoms with van der Waals surface area (Å²) < 4.78 is 0. The minimum Gasteiger partial charge on any atom is -0.341 e. The molecule has 1 N–H and O–H groups in total. The van der Waals surface area contributed by atoms with E-state index in [9.17, 15) is 0 Å². The molecule has 0 radical (unpaired) electrons. The van der Waals surface area contributed by atoms with Crippen LogP contribution < -0.4 is 10.2 Å². The largest absolute Gasteiger partial charge is 0.341 e. The van der Waals surface area contributed by atoms with E-state index in [1.807, 2.05) is 0 Å². The third-order valence-corrected chi connectivity index (χ3v) is 5.16. The van der Waals surface area contributed by atoms with Gasteiger partial charge < -0.3 is 10.2 Å². The number of hydrogen-bond acceptors (Lipinski definition) is 6. The fourth-order valence-corrected chi connectivity index (χ4v) is 3.25. The molecule has 4 rings (SSSR count). The lowest BCUT2D eigenvalue weighted by Gasteiger charge is -2.30. The standard InChI is InChI=1S/C20H24N6/c1-13-6-10-26(11-7-13)20-24-18-17(21-8-9-22-18)19(25-20)23-16-5-4-14(2)15(3)12-16/h4-5,8-9,12-13H,6-7,10-11H2,1-3H3,(H,22,23,24,25). The quantitative estimate of drug-likeness (QED) is 0.771. The van der Waals surface area contributed by atoms with Gasteiger partial charge in [-0.05, 0) is 55.9 Å². The van der Waals surface area contributed by atoms with Crippen molar-refractivity contribution in [3.05, 3.63) is 41.7 Å². The first-order valence-corrected chi connectivity index (χ1v) is 9.18. The molecule has 0 atom stereocenters. The Kier molecular flexibility index (Phi) is 4.41. The summed E-state index contributed by atoms with van der Waals surface area (Å²) >= 11 is 0. The zero-order chi connectivity index (χ0) is 18.1. The normalized spacial score (nSPS) is 15.4. The van der Waals surface area contributed by atoms with E-state index in [0.717, 1.165) is 30.6 Å². The fourth-order valence-electron chi connectivity index (χ4n) is 3.25. The number of hydrogen-bond donors (Lipinski definition) is 1. The lowest BCUT2D eigenvalue weighted by atomic mass is 10.00. The summed E-state index contributed by atoms with van der Waals surface area (Å²) in [6.07, 6.45) is 5.69. The number of aryl methyl sites for hydroxylation is 2. The minimum absolute atomic E-state index is 0.627. The average molecular weight is 348 g/mol. The van der Waals surface area contributed by atoms with Gasteiger partial charge in [-0.25, -0.2) is 9.97 Å². The Morgan fingerprint density at radius 1 is 1.00 bits per heavy atom. The first kappa shape index (κ1) is 16.7. The Morgan fingerprint density at radius 2 is 1.77 bits per heavy atom. The summed E-state index contributed by atoms with van der Waals surface area (Å²) in [6, 6.07) is 6.30. The second-order valence-electron chi connectivity index (χ2n) is 7.19. The summed E-state index contributed by atoms with van der Waals surface area (Å²) in [4.78, 5) is 20.6. The van der Waals surface area contributed by atoms with Gasteiger partial charge in [0, 0.05) is 31.2 Å². The molecule has 3 aromatic rings. The van der Waals surface area contributed by atoms with E-state index >= 15 is 0 Å². The molecule has 1 aliphatic rings. The summed E-state index contributed by atoms with van der Waals surface area (Å²) in [6.45, 7) is 8.49. The van der Waals surface area contributed by atoms with Gasteiger partial charge in [0.25, 0.3) is 0 Å². The highest BCUT2D eigenvalue weighted by molar-refractivity contribution is 5.85. The molecule has 0 amide bonds. The maximum absolute atomic E-state index is 4.80. The van der Waals surface area contributed by atoms with Crippen molar-refractivity contribution in [3.63, 3.8) is 0 Å². The van der Waals surface area contributed by atoms with Gasteiger partial charge in [0.05, 0.1) is 0 Å². The monoisotopic (exact) mass is 348 g/mol. The number of fused-ring (bicyclic) bond motifs is 1. The van der Waals surface area contributed by atoms with Gasteiger partial charge in [-0.15, -0.1) is 0 Å². The molecule has 6 nitrogen and oxygen atoms in total. The zero-order valence-electron chi connectivity index (χ0n) is 15.5. The lowest BCUT2D eigenvalue weighted by Crippen LogP contribution is -2.34. The van der Waals surface area contributed by atoms with Crippen LogP contribution in [-0.2, 0) is 0 Å². The summed E-state index contributed by atoms with van der Waals surface area (Å²) in [5.74, 6) is 2.20. The molecular weight excluding hydrogens is 324 g/mol. The molecule has 1 aromatic carbocycles. The molecule has 0 unspecified atom stereocenters. The van der Waals surface area contributed by atoms with Gasteiger partial charge in [-0.1, -0.05) is 13.0 Å². The Balaban J connectivity index is 1.73. The number of rotatable bonds is 3. The van der Waals surface area contributed by atoms with Crippen LogP contribution in [-0.4, -0.2) is 33.0 Å². The van der Waals surface area contributed by atoms with Crippen molar-refractivity contribution in [2.75, 3.05) is 23.3 Å². The van der Waals surface area contributed by atoms with E-state index in [0.29, 0.717) is 17.0 Å². The second kappa shape index (κ2) is 6.86. The van der Waals surface area contributed by atoms with Crippen molar-refractivity contribution in [2.45, 2.75) is 33.6 Å². The summed E-state index contributed by atoms with van der Waals surface area (Å²) in [5.41, 5.74) is 4.83. The van der Waals surface area contributed by atoms with Crippen LogP contribution in [0.25, 0.3) is 11.2 Å². The molecule has 0 saturated carbocycles. The number of anilines is 3. The second-order valence-corrected chi connectivity index (χ2v) is 7.19. The highest BCUT2D eigenvalue weighted by Crippen LogP contribution is 2.27. The SMILES string of the molecule is Cc1ccc(Nc2nc(N3CCC(C)CC3)nc3nccnc23)cc1C. The smallest absolute Gasteiger partial charge is 0.229 e. The Morgan fingerprint density at radius 3 is 2.54 bits per heavy atom. The van der Waals surface area contributed by atoms with Crippen LogP contribution in [0.1, 0.15) is 30.9 Å². The molecule has 1 aliphatic heterocycles. The van der Waals surface area contributed by atoms with Gasteiger partial charge in [-0.2, -0.15) is 9.97 Å². The van der Waals surface area contributed by atoms with Crippen LogP contribution in [0.5, 0.6) is 0 Å². The predicted molar refractivity (Wildman–Crippen MR) is 105 cm³/mol. The average Bonchev–Trinajstić information content (AvgIpc) is 2.65. The number of nitrogens with one attached hydrogen (secondary N) is 1. The molecule has 0 aliphatic carbocycles. The molecular formula is C20H24N6. The fraction of sp³-hybridized carbons (Fsp3) is 0.400. The van der Waals surface area contributed by atoms with E-state index in [4.69, 9.17) is 4.98 Å². The third kappa shape index (κ3) is 3.31. The zero-order valence-corrected chi connectivity index (χ0v) is 15.5. The molecule has 0 bridgehead atoms. The topological polar surface area (TPSA) is 66.8 Å². The van der Waals surface area contributed by atoms with Crippen molar-refractivity contribution >= 4 is 28.6 Å². The Labute approximate surface area is 153 Å². The van der Waals surface area contributed by atoms with Crippen LogP contribution >= 0.6 is 0 Å². The van der Waals surface area contributed by atoms with Gasteiger partial charge in [0.1, 0.15) is 0 Å². The van der Waals surface area contributed by atoms with Gasteiger partial charge >= 0.3 is 0 Å². The maximum Gasteiger partial charge on any atom is 0.229 e. The van der Waals surface area contributed by atoms with Crippen LogP contribution in [0, 0.1) is 19.8 Å². The lowest BCUT2D eigenvalue weighted by molar-refractivity contribution is 0.435. The number of aromatic nitrogens is 4. The summed E-state index contributed by atoms with van der Waals surface area (Å²) in [5, 5.41) is 3.42. The highest BCUT2D eigenvalue weighted by Gasteiger charge is 2.20. The molecule has 1 fully saturated rings. The van der Waals surface area contributed by atoms with E-state index in [-0.39, 0.29) is 0 Å². The summed E-state index contributed by atoms with van der Waals surface area (Å²) in [7, 11) is 0. The van der Waals surface area contributed by atoms with E-state index in [2.05, 4.69) is 64.1 Å². The molecule has 134 valence electrons. The van der Waals surface area contributed by atoms with Crippen molar-refractivity contribution in [2.24, 2.45) is 5.92 Å². The van der Waals surface area contributed by atoms with Crippen LogP contribution in [0.4, 0.5) is 17.5 Å². The minimum atomic E-state index is 0.627. The number of benzene rings is 1. The first-order valence-electron chi connectivity index (χ1n) is 9.18. The Bertz CT molecular complexity index is 931. The third-order valence-electron chi connectivity index (χ3n) is 5.16. The first-order chi connectivity index (χ1) is 12.6. The van der Waals surface area contributed by atoms with Crippen molar-refractivity contribution in [3.8, 4) is 0 Å². The molecule has 2 aromatic heterocycles. The molecule has 26 heavy (non-hydrogen) atoms. The van der Waals surface area contributed by atoms with Crippen LogP contribution in [0.15, 0.2) is 30.6 Å². The van der Waals surface area contributed by atoms with Crippen LogP contribution in [0.3, 0.4) is 0 Å². The van der Waals surface area contributed by atoms with Crippen molar-refractivity contribution in [1.29, 1.82) is 0 Å². The van der Waals surface area contributed by atoms with Gasteiger partial charge in [-0.3, -0.25) is 0 Å². The van der Waals surface area contributed by atoms with Crippen molar-refractivity contribution < 1.29 is 0 Å². The Hall–Kier alpha value is -2.76. The molecule has 0 spiro atoms. The van der Waals surface area contributed by atoms with Gasteiger partial charge in [0.15, 0.2) is 17.0 Å². The van der Waals surface area contributed by atoms with E-state index in [1.165, 1.54) is 24.0 Å². The van der Waals surface area contributed by atoms with Gasteiger partial charge in [0.2, 0.25) is 5.95 Å². The van der Waals surface area contributed by atoms with Crippen LogP contribution in [0.2, 0.25) is 0 Å². The van der Waals surface area contributed by atoms with E-state index in [1.54, 1.807) is 12.4 Å². The molecule has 1 saturated heterocycles. The highest BCUT2D eigenvalue weighted by atomic mass is 15.3. The predicted octanol–water partition coefficient (Wildman–Crippen LogP) is 4.02. The van der Waals surface area contributed by atoms with E-state index < -0.39 is 0 Å². The maximum atomic E-state index is 4.80. The molecule has 3 heterocycles. The molecule has 6 heteroatoms. The number of nitrogens with zero attached hydrogens (tertiary/aromatic N) is 5.